The van der Waals surface area contributed by atoms with Crippen molar-refractivity contribution in [2.75, 3.05) is 7.11 Å². The molecule has 0 spiro atoms. The molecule has 228 valence electrons. The second-order valence-corrected chi connectivity index (χ2v) is 9.51. The van der Waals surface area contributed by atoms with E-state index in [1.165, 1.54) is 61.7 Å². The number of ether oxygens (including phenoxy) is 2. The third-order valence-electron chi connectivity index (χ3n) is 6.58. The number of methoxy groups -OCH3 is 1. The molecule has 5 aromatic rings. The van der Waals surface area contributed by atoms with Gasteiger partial charge in [-0.25, -0.2) is 9.78 Å². The van der Waals surface area contributed by atoms with E-state index in [0.717, 1.165) is 29.1 Å². The van der Waals surface area contributed by atoms with Gasteiger partial charge < -0.3 is 14.6 Å². The van der Waals surface area contributed by atoms with Crippen LogP contribution >= 0.6 is 0 Å². The zero-order valence-corrected chi connectivity index (χ0v) is 23.2. The van der Waals surface area contributed by atoms with E-state index in [4.69, 9.17) is 14.6 Å². The lowest BCUT2D eigenvalue weighted by Gasteiger charge is -2.13. The molecule has 5 rings (SSSR count). The summed E-state index contributed by atoms with van der Waals surface area (Å²) in [6, 6.07) is 18.7. The maximum atomic E-state index is 13.5. The van der Waals surface area contributed by atoms with Crippen LogP contribution in [-0.2, 0) is 12.8 Å². The summed E-state index contributed by atoms with van der Waals surface area (Å²) in [6.07, 6.45) is -3.54. The number of carboxylic acid groups (broad SMARTS) is 1. The number of hydrogen-bond donors (Lipinski definition) is 1. The molecule has 14 heteroatoms. The number of carboxylic acids is 1. The summed E-state index contributed by atoms with van der Waals surface area (Å²) in [6.45, 7) is -0.150. The number of nitro groups is 1. The maximum absolute atomic E-state index is 13.5. The first-order valence-electron chi connectivity index (χ1n) is 13.0. The number of para-hydroxylation sites is 1. The van der Waals surface area contributed by atoms with E-state index in [2.05, 4.69) is 10.1 Å². The predicted octanol–water partition coefficient (Wildman–Crippen LogP) is 6.16. The van der Waals surface area contributed by atoms with Crippen LogP contribution in [0.3, 0.4) is 0 Å². The SMILES string of the molecule is COc1cc(C=Nn2c(-c3cccc(C(F)(F)F)c3)nc3ccccc3c2=O)cc([N+](=O)[O-])c1OCc1ccc(C(=O)O)cc1. The van der Waals surface area contributed by atoms with E-state index < -0.39 is 33.9 Å². The number of hydrogen-bond acceptors (Lipinski definition) is 8. The van der Waals surface area contributed by atoms with Gasteiger partial charge in [0.25, 0.3) is 5.56 Å². The molecule has 0 atom stereocenters. The van der Waals surface area contributed by atoms with E-state index in [0.29, 0.717) is 5.56 Å². The number of carbonyl (C=O) groups is 1. The van der Waals surface area contributed by atoms with Crippen molar-refractivity contribution < 1.29 is 37.5 Å². The molecule has 1 aromatic heterocycles. The van der Waals surface area contributed by atoms with Gasteiger partial charge in [-0.05, 0) is 48.0 Å². The summed E-state index contributed by atoms with van der Waals surface area (Å²) < 4.78 is 52.3. The minimum Gasteiger partial charge on any atom is -0.493 e. The Morgan fingerprint density at radius 1 is 1.07 bits per heavy atom. The topological polar surface area (TPSA) is 146 Å². The lowest BCUT2D eigenvalue weighted by Crippen LogP contribution is -2.20. The first kappa shape index (κ1) is 30.4. The van der Waals surface area contributed by atoms with Crippen LogP contribution in [0.25, 0.3) is 22.3 Å². The van der Waals surface area contributed by atoms with Crippen LogP contribution in [0.5, 0.6) is 11.5 Å². The fraction of sp³-hybridized carbons (Fsp3) is 0.0968. The highest BCUT2D eigenvalue weighted by atomic mass is 19.4. The zero-order valence-electron chi connectivity index (χ0n) is 23.2. The summed E-state index contributed by atoms with van der Waals surface area (Å²) in [5.74, 6) is -1.55. The second kappa shape index (κ2) is 12.3. The highest BCUT2D eigenvalue weighted by molar-refractivity contribution is 5.87. The molecule has 0 unspecified atom stereocenters. The van der Waals surface area contributed by atoms with Crippen LogP contribution in [0.1, 0.15) is 27.0 Å². The van der Waals surface area contributed by atoms with Gasteiger partial charge in [-0.1, -0.05) is 36.4 Å². The Hall–Kier alpha value is -6.05. The van der Waals surface area contributed by atoms with Crippen LogP contribution in [0, 0.1) is 10.1 Å². The van der Waals surface area contributed by atoms with E-state index in [-0.39, 0.29) is 51.5 Å². The van der Waals surface area contributed by atoms with Crippen molar-refractivity contribution in [1.29, 1.82) is 0 Å². The molecule has 0 fully saturated rings. The van der Waals surface area contributed by atoms with E-state index in [9.17, 15) is 32.9 Å². The summed E-state index contributed by atoms with van der Waals surface area (Å²) in [5, 5.41) is 25.4. The molecule has 11 nitrogen and oxygen atoms in total. The number of nitrogens with zero attached hydrogens (tertiary/aromatic N) is 4. The lowest BCUT2D eigenvalue weighted by atomic mass is 10.1. The Labute approximate surface area is 251 Å². The van der Waals surface area contributed by atoms with Gasteiger partial charge in [-0.15, -0.1) is 0 Å². The number of benzene rings is 4. The Bertz CT molecular complexity index is 2020. The molecule has 0 aliphatic carbocycles. The smallest absolute Gasteiger partial charge is 0.416 e. The third-order valence-corrected chi connectivity index (χ3v) is 6.58. The van der Waals surface area contributed by atoms with Gasteiger partial charge in [0.1, 0.15) is 6.61 Å². The molecule has 0 bridgehead atoms. The van der Waals surface area contributed by atoms with Crippen molar-refractivity contribution in [3.63, 3.8) is 0 Å². The highest BCUT2D eigenvalue weighted by Crippen LogP contribution is 2.38. The maximum Gasteiger partial charge on any atom is 0.416 e. The standard InChI is InChI=1S/C31H21F3N4O7/c1-44-26-14-19(13-25(38(42)43)27(26)45-17-18-9-11-20(12-10-18)30(40)41)16-35-37-28(21-5-4-6-22(15-21)31(32,33)34)36-24-8-3-2-7-23(24)29(37)39/h2-16H,17H2,1H3,(H,40,41). The van der Waals surface area contributed by atoms with E-state index in [1.807, 2.05) is 0 Å². The first-order valence-corrected chi connectivity index (χ1v) is 13.0. The lowest BCUT2D eigenvalue weighted by molar-refractivity contribution is -0.386. The van der Waals surface area contributed by atoms with Gasteiger partial charge in [0, 0.05) is 17.2 Å². The number of rotatable bonds is 9. The minimum absolute atomic E-state index is 0.0338. The second-order valence-electron chi connectivity index (χ2n) is 9.51. The van der Waals surface area contributed by atoms with Crippen LogP contribution in [0.2, 0.25) is 0 Å². The average Bonchev–Trinajstić information content (AvgIpc) is 3.02. The Morgan fingerprint density at radius 3 is 2.47 bits per heavy atom. The van der Waals surface area contributed by atoms with Crippen molar-refractivity contribution in [2.24, 2.45) is 5.10 Å². The fourth-order valence-electron chi connectivity index (χ4n) is 4.39. The normalized spacial score (nSPS) is 11.6. The van der Waals surface area contributed by atoms with E-state index in [1.54, 1.807) is 12.1 Å². The number of fused-ring (bicyclic) bond motifs is 1. The van der Waals surface area contributed by atoms with Crippen LogP contribution < -0.4 is 15.0 Å². The predicted molar refractivity (Wildman–Crippen MR) is 157 cm³/mol. The number of halogens is 3. The zero-order chi connectivity index (χ0) is 32.3. The molecular weight excluding hydrogens is 597 g/mol. The van der Waals surface area contributed by atoms with Crippen molar-refractivity contribution >= 4 is 28.8 Å². The van der Waals surface area contributed by atoms with Gasteiger partial charge in [-0.2, -0.15) is 22.9 Å². The van der Waals surface area contributed by atoms with Gasteiger partial charge in [0.2, 0.25) is 5.75 Å². The molecule has 0 saturated heterocycles. The average molecular weight is 619 g/mol. The van der Waals surface area contributed by atoms with Crippen molar-refractivity contribution in [3.8, 4) is 22.9 Å². The number of alkyl halides is 3. The number of aromatic carboxylic acids is 1. The molecule has 0 radical (unpaired) electrons. The molecule has 0 saturated carbocycles. The summed E-state index contributed by atoms with van der Waals surface area (Å²) in [5.41, 5.74) is -1.24. The van der Waals surface area contributed by atoms with E-state index >= 15 is 0 Å². The molecule has 4 aromatic carbocycles. The van der Waals surface area contributed by atoms with Crippen LogP contribution in [-0.4, -0.2) is 39.0 Å². The molecule has 0 amide bonds. The van der Waals surface area contributed by atoms with Crippen molar-refractivity contribution in [2.45, 2.75) is 12.8 Å². The molecule has 1 N–H and O–H groups in total. The van der Waals surface area contributed by atoms with Gasteiger partial charge in [-0.3, -0.25) is 14.9 Å². The summed E-state index contributed by atoms with van der Waals surface area (Å²) in [7, 11) is 1.26. The van der Waals surface area contributed by atoms with Gasteiger partial charge in [0.15, 0.2) is 11.6 Å². The summed E-state index contributed by atoms with van der Waals surface area (Å²) >= 11 is 0. The van der Waals surface area contributed by atoms with Crippen molar-refractivity contribution in [1.82, 2.24) is 9.66 Å². The molecule has 0 aliphatic heterocycles. The van der Waals surface area contributed by atoms with Crippen LogP contribution in [0.15, 0.2) is 94.8 Å². The minimum atomic E-state index is -4.65. The first-order chi connectivity index (χ1) is 21.5. The van der Waals surface area contributed by atoms with Gasteiger partial charge >= 0.3 is 17.8 Å². The monoisotopic (exact) mass is 618 g/mol. The largest absolute Gasteiger partial charge is 0.493 e. The highest BCUT2D eigenvalue weighted by Gasteiger charge is 2.31. The molecule has 45 heavy (non-hydrogen) atoms. The summed E-state index contributed by atoms with van der Waals surface area (Å²) in [4.78, 5) is 40.2. The Morgan fingerprint density at radius 2 is 1.80 bits per heavy atom. The Kier molecular flexibility index (Phi) is 8.30. The van der Waals surface area contributed by atoms with Crippen molar-refractivity contribution in [3.05, 3.63) is 128 Å². The fourth-order valence-corrected chi connectivity index (χ4v) is 4.39. The number of nitro benzene ring substituents is 1. The number of aromatic nitrogens is 2. The van der Waals surface area contributed by atoms with Crippen LogP contribution in [0.4, 0.5) is 18.9 Å². The quantitative estimate of drug-likeness (QED) is 0.117. The third kappa shape index (κ3) is 6.49. The molecule has 0 aliphatic rings. The van der Waals surface area contributed by atoms with Gasteiger partial charge in [0.05, 0.1) is 40.3 Å². The molecular formula is C31H21F3N4O7. The molecule has 1 heterocycles. The Balaban J connectivity index is 1.56.